The first kappa shape index (κ1) is 20.9. The molecule has 1 amide bonds. The number of rotatable bonds is 7. The minimum Gasteiger partial charge on any atom is -0.375 e. The molecular formula is C20H27N3O3S. The van der Waals surface area contributed by atoms with Crippen molar-refractivity contribution < 1.29 is 13.2 Å². The van der Waals surface area contributed by atoms with Gasteiger partial charge in [0.05, 0.1) is 4.90 Å². The fraction of sp³-hybridized carbons (Fsp3) is 0.350. The van der Waals surface area contributed by atoms with Crippen LogP contribution in [-0.4, -0.2) is 27.9 Å². The lowest BCUT2D eigenvalue weighted by molar-refractivity contribution is 0.102. The first-order valence-corrected chi connectivity index (χ1v) is 10.4. The number of unbranched alkanes of at least 4 members (excludes halogenated alkanes) is 1. The second-order valence-corrected chi connectivity index (χ2v) is 8.30. The molecule has 3 N–H and O–H groups in total. The molecule has 0 fully saturated rings. The van der Waals surface area contributed by atoms with Gasteiger partial charge in [0.1, 0.15) is 0 Å². The molecule has 0 radical (unpaired) electrons. The summed E-state index contributed by atoms with van der Waals surface area (Å²) in [5, 5.41) is 8.01. The topological polar surface area (TPSA) is 92.5 Å². The van der Waals surface area contributed by atoms with Crippen molar-refractivity contribution in [3.63, 3.8) is 0 Å². The highest BCUT2D eigenvalue weighted by molar-refractivity contribution is 7.89. The average Bonchev–Trinajstić information content (AvgIpc) is 2.62. The Hall–Kier alpha value is -2.38. The van der Waals surface area contributed by atoms with E-state index in [-0.39, 0.29) is 10.8 Å². The van der Waals surface area contributed by atoms with Crippen molar-refractivity contribution in [3.05, 3.63) is 53.1 Å². The number of benzene rings is 2. The summed E-state index contributed by atoms with van der Waals surface area (Å²) in [4.78, 5) is 14.7. The fourth-order valence-corrected chi connectivity index (χ4v) is 3.33. The molecule has 2 aromatic rings. The van der Waals surface area contributed by atoms with Gasteiger partial charge < -0.3 is 10.2 Å². The number of hydrogen-bond acceptors (Lipinski definition) is 4. The third kappa shape index (κ3) is 5.30. The second-order valence-electron chi connectivity index (χ2n) is 6.73. The lowest BCUT2D eigenvalue weighted by Crippen LogP contribution is -2.19. The third-order valence-electron chi connectivity index (χ3n) is 4.63. The number of amides is 1. The van der Waals surface area contributed by atoms with Crippen molar-refractivity contribution in [2.24, 2.45) is 5.14 Å². The average molecular weight is 390 g/mol. The lowest BCUT2D eigenvalue weighted by atomic mass is 10.1. The van der Waals surface area contributed by atoms with E-state index >= 15 is 0 Å². The van der Waals surface area contributed by atoms with Crippen molar-refractivity contribution in [1.82, 2.24) is 0 Å². The molecule has 0 saturated heterocycles. The molecule has 0 bridgehead atoms. The summed E-state index contributed by atoms with van der Waals surface area (Å²) >= 11 is 0. The van der Waals surface area contributed by atoms with Crippen LogP contribution in [0, 0.1) is 13.8 Å². The lowest BCUT2D eigenvalue weighted by Gasteiger charge is -2.19. The standard InChI is InChI=1S/C20H27N3O3S/c1-5-6-11-23(4)17-9-7-16(8-10-17)20(24)22-19-13-18(27(21,25)26)12-14(2)15(19)3/h7-10,12-13H,5-6,11H2,1-4H3,(H,22,24)(H2,21,25,26). The number of nitrogens with one attached hydrogen (secondary N) is 1. The predicted octanol–water partition coefficient (Wildman–Crippen LogP) is 3.44. The van der Waals surface area contributed by atoms with E-state index in [0.29, 0.717) is 11.3 Å². The quantitative estimate of drug-likeness (QED) is 0.759. The largest absolute Gasteiger partial charge is 0.375 e. The Kier molecular flexibility index (Phi) is 6.62. The van der Waals surface area contributed by atoms with Gasteiger partial charge in [0, 0.05) is 30.5 Å². The van der Waals surface area contributed by atoms with Crippen LogP contribution in [0.2, 0.25) is 0 Å². The molecule has 2 rings (SSSR count). The fourth-order valence-electron chi connectivity index (χ4n) is 2.71. The number of primary sulfonamides is 1. The van der Waals surface area contributed by atoms with Crippen LogP contribution in [0.5, 0.6) is 0 Å². The van der Waals surface area contributed by atoms with Gasteiger partial charge in [-0.2, -0.15) is 0 Å². The molecule has 0 aromatic heterocycles. The summed E-state index contributed by atoms with van der Waals surface area (Å²) in [7, 11) is -1.82. The maximum absolute atomic E-state index is 12.6. The number of carbonyl (C=O) groups is 1. The smallest absolute Gasteiger partial charge is 0.255 e. The van der Waals surface area contributed by atoms with E-state index in [9.17, 15) is 13.2 Å². The van der Waals surface area contributed by atoms with Gasteiger partial charge >= 0.3 is 0 Å². The Morgan fingerprint density at radius 2 is 1.78 bits per heavy atom. The van der Waals surface area contributed by atoms with Crippen LogP contribution in [0.25, 0.3) is 0 Å². The van der Waals surface area contributed by atoms with Gasteiger partial charge in [0.15, 0.2) is 0 Å². The number of sulfonamides is 1. The molecule has 146 valence electrons. The summed E-state index contributed by atoms with van der Waals surface area (Å²) in [5.74, 6) is -0.299. The second kappa shape index (κ2) is 8.54. The molecule has 0 unspecified atom stereocenters. The number of anilines is 2. The van der Waals surface area contributed by atoms with Crippen molar-refractivity contribution in [3.8, 4) is 0 Å². The summed E-state index contributed by atoms with van der Waals surface area (Å²) < 4.78 is 23.3. The minimum absolute atomic E-state index is 0.0196. The van der Waals surface area contributed by atoms with Gasteiger partial charge in [-0.3, -0.25) is 4.79 Å². The van der Waals surface area contributed by atoms with Gasteiger partial charge in [-0.25, -0.2) is 13.6 Å². The Morgan fingerprint density at radius 1 is 1.15 bits per heavy atom. The molecule has 27 heavy (non-hydrogen) atoms. The summed E-state index contributed by atoms with van der Waals surface area (Å²) in [6, 6.07) is 10.2. The van der Waals surface area contributed by atoms with Crippen molar-refractivity contribution >= 4 is 27.3 Å². The SMILES string of the molecule is CCCCN(C)c1ccc(C(=O)Nc2cc(S(N)(=O)=O)cc(C)c2C)cc1. The van der Waals surface area contributed by atoms with Crippen molar-refractivity contribution in [2.75, 3.05) is 23.8 Å². The zero-order valence-electron chi connectivity index (χ0n) is 16.2. The predicted molar refractivity (Wildman–Crippen MR) is 110 cm³/mol. The van der Waals surface area contributed by atoms with E-state index in [1.54, 1.807) is 19.1 Å². The van der Waals surface area contributed by atoms with Gasteiger partial charge in [-0.15, -0.1) is 0 Å². The van der Waals surface area contributed by atoms with Crippen LogP contribution < -0.4 is 15.4 Å². The van der Waals surface area contributed by atoms with Gasteiger partial charge in [0.25, 0.3) is 5.91 Å². The Labute approximate surface area is 161 Å². The molecule has 6 nitrogen and oxygen atoms in total. The molecule has 0 spiro atoms. The summed E-state index contributed by atoms with van der Waals surface area (Å²) in [5.41, 5.74) is 3.52. The molecule has 0 heterocycles. The van der Waals surface area contributed by atoms with E-state index in [1.807, 2.05) is 26.1 Å². The van der Waals surface area contributed by atoms with E-state index in [1.165, 1.54) is 12.1 Å². The molecule has 7 heteroatoms. The highest BCUT2D eigenvalue weighted by atomic mass is 32.2. The van der Waals surface area contributed by atoms with Crippen LogP contribution in [0.3, 0.4) is 0 Å². The molecule has 0 aliphatic carbocycles. The number of nitrogens with two attached hydrogens (primary N) is 1. The Morgan fingerprint density at radius 3 is 2.33 bits per heavy atom. The number of aryl methyl sites for hydroxylation is 1. The first-order valence-electron chi connectivity index (χ1n) is 8.90. The number of hydrogen-bond donors (Lipinski definition) is 2. The van der Waals surface area contributed by atoms with E-state index in [4.69, 9.17) is 5.14 Å². The maximum Gasteiger partial charge on any atom is 0.255 e. The molecule has 0 saturated carbocycles. The van der Waals surface area contributed by atoms with Crippen LogP contribution in [0.15, 0.2) is 41.3 Å². The Bertz CT molecular complexity index is 922. The van der Waals surface area contributed by atoms with Crippen LogP contribution in [-0.2, 0) is 10.0 Å². The zero-order chi connectivity index (χ0) is 20.2. The molecule has 0 atom stereocenters. The summed E-state index contributed by atoms with van der Waals surface area (Å²) in [6.45, 7) is 6.71. The van der Waals surface area contributed by atoms with Gasteiger partial charge in [0.2, 0.25) is 10.0 Å². The number of carbonyl (C=O) groups excluding carboxylic acids is 1. The molecular weight excluding hydrogens is 362 g/mol. The third-order valence-corrected chi connectivity index (χ3v) is 5.53. The maximum atomic E-state index is 12.6. The van der Waals surface area contributed by atoms with Gasteiger partial charge in [-0.1, -0.05) is 13.3 Å². The van der Waals surface area contributed by atoms with Crippen LogP contribution >= 0.6 is 0 Å². The number of nitrogens with zero attached hydrogens (tertiary/aromatic N) is 1. The molecule has 0 aliphatic rings. The monoisotopic (exact) mass is 389 g/mol. The van der Waals surface area contributed by atoms with E-state index in [0.717, 1.165) is 36.2 Å². The molecule has 2 aromatic carbocycles. The van der Waals surface area contributed by atoms with Crippen LogP contribution in [0.1, 0.15) is 41.3 Å². The molecule has 0 aliphatic heterocycles. The first-order chi connectivity index (χ1) is 12.6. The van der Waals surface area contributed by atoms with E-state index < -0.39 is 10.0 Å². The van der Waals surface area contributed by atoms with E-state index in [2.05, 4.69) is 17.1 Å². The van der Waals surface area contributed by atoms with Crippen molar-refractivity contribution in [2.45, 2.75) is 38.5 Å². The highest BCUT2D eigenvalue weighted by Crippen LogP contribution is 2.24. The van der Waals surface area contributed by atoms with Crippen LogP contribution in [0.4, 0.5) is 11.4 Å². The highest BCUT2D eigenvalue weighted by Gasteiger charge is 2.15. The summed E-state index contributed by atoms with van der Waals surface area (Å²) in [6.07, 6.45) is 2.24. The Balaban J connectivity index is 2.21. The normalized spacial score (nSPS) is 11.3. The minimum atomic E-state index is -3.84. The van der Waals surface area contributed by atoms with Crippen molar-refractivity contribution in [1.29, 1.82) is 0 Å². The van der Waals surface area contributed by atoms with Gasteiger partial charge in [-0.05, 0) is 67.8 Å². The zero-order valence-corrected chi connectivity index (χ0v) is 17.1.